The van der Waals surface area contributed by atoms with Crippen molar-refractivity contribution in [1.29, 1.82) is 0 Å². The first-order valence-corrected chi connectivity index (χ1v) is 8.49. The molecule has 1 heterocycles. The van der Waals surface area contributed by atoms with E-state index in [4.69, 9.17) is 0 Å². The fourth-order valence-electron chi connectivity index (χ4n) is 3.43. The third-order valence-electron chi connectivity index (χ3n) is 4.46. The molecule has 1 saturated carbocycles. The summed E-state index contributed by atoms with van der Waals surface area (Å²) in [6, 6.07) is 1.50. The van der Waals surface area contributed by atoms with Crippen LogP contribution < -0.4 is 5.32 Å². The summed E-state index contributed by atoms with van der Waals surface area (Å²) in [7, 11) is 2.32. The zero-order valence-corrected chi connectivity index (χ0v) is 12.3. The van der Waals surface area contributed by atoms with Gasteiger partial charge in [0.1, 0.15) is 0 Å². The van der Waals surface area contributed by atoms with Gasteiger partial charge in [0, 0.05) is 30.1 Å². The van der Waals surface area contributed by atoms with Crippen molar-refractivity contribution < 1.29 is 0 Å². The van der Waals surface area contributed by atoms with Gasteiger partial charge in [-0.05, 0) is 32.4 Å². The van der Waals surface area contributed by atoms with Gasteiger partial charge in [0.05, 0.1) is 0 Å². The van der Waals surface area contributed by atoms with E-state index in [2.05, 4.69) is 35.9 Å². The number of hydrogen-bond acceptors (Lipinski definition) is 3. The van der Waals surface area contributed by atoms with Gasteiger partial charge in [-0.2, -0.15) is 11.8 Å². The van der Waals surface area contributed by atoms with Gasteiger partial charge in [-0.25, -0.2) is 0 Å². The Bertz CT molecular complexity index is 216. The third kappa shape index (κ3) is 3.62. The van der Waals surface area contributed by atoms with Crippen LogP contribution in [0.5, 0.6) is 0 Å². The summed E-state index contributed by atoms with van der Waals surface area (Å²) in [5.41, 5.74) is 0. The molecule has 2 aliphatic rings. The lowest BCUT2D eigenvalue weighted by molar-refractivity contribution is 0.152. The van der Waals surface area contributed by atoms with E-state index in [1.54, 1.807) is 0 Å². The lowest BCUT2D eigenvalue weighted by Crippen LogP contribution is -2.56. The highest BCUT2D eigenvalue weighted by molar-refractivity contribution is 7.99. The molecule has 2 unspecified atom stereocenters. The molecule has 1 aliphatic heterocycles. The van der Waals surface area contributed by atoms with Crippen molar-refractivity contribution in [3.8, 4) is 0 Å². The van der Waals surface area contributed by atoms with E-state index in [1.807, 2.05) is 0 Å². The van der Waals surface area contributed by atoms with Gasteiger partial charge in [0.2, 0.25) is 0 Å². The maximum atomic E-state index is 3.80. The van der Waals surface area contributed by atoms with Crippen molar-refractivity contribution in [3.63, 3.8) is 0 Å². The molecule has 0 amide bonds. The number of nitrogens with zero attached hydrogens (tertiary/aromatic N) is 1. The molecule has 0 aromatic carbocycles. The average Bonchev–Trinajstić information content (AvgIpc) is 2.38. The zero-order valence-electron chi connectivity index (χ0n) is 11.5. The highest BCUT2D eigenvalue weighted by Gasteiger charge is 2.33. The third-order valence-corrected chi connectivity index (χ3v) is 5.50. The van der Waals surface area contributed by atoms with Gasteiger partial charge in [0.15, 0.2) is 0 Å². The molecular weight excluding hydrogens is 228 g/mol. The van der Waals surface area contributed by atoms with Gasteiger partial charge >= 0.3 is 0 Å². The molecule has 2 nitrogen and oxygen atoms in total. The minimum absolute atomic E-state index is 0.734. The van der Waals surface area contributed by atoms with Crippen molar-refractivity contribution in [2.24, 2.45) is 5.92 Å². The first-order chi connectivity index (χ1) is 8.33. The largest absolute Gasteiger partial charge is 0.312 e. The normalized spacial score (nSPS) is 30.4. The second-order valence-corrected chi connectivity index (χ2v) is 6.75. The van der Waals surface area contributed by atoms with E-state index in [0.717, 1.165) is 24.5 Å². The summed E-state index contributed by atoms with van der Waals surface area (Å²) in [5.74, 6) is 3.57. The Kier molecular flexibility index (Phi) is 5.64. The van der Waals surface area contributed by atoms with Crippen LogP contribution in [-0.4, -0.2) is 48.6 Å². The molecule has 2 fully saturated rings. The fourth-order valence-corrected chi connectivity index (χ4v) is 4.72. The van der Waals surface area contributed by atoms with Crippen LogP contribution in [0.15, 0.2) is 0 Å². The Morgan fingerprint density at radius 3 is 2.71 bits per heavy atom. The van der Waals surface area contributed by atoms with Crippen LogP contribution in [0.4, 0.5) is 0 Å². The first-order valence-electron chi connectivity index (χ1n) is 7.34. The second-order valence-electron chi connectivity index (χ2n) is 5.60. The van der Waals surface area contributed by atoms with E-state index < -0.39 is 0 Å². The number of rotatable bonds is 4. The standard InChI is InChI=1S/C14H28N2S/c1-3-15-14(12-7-5-4-6-8-12)13-11-17-10-9-16(13)2/h12-15H,3-11H2,1-2H3. The van der Waals surface area contributed by atoms with Crippen LogP contribution in [0.1, 0.15) is 39.0 Å². The monoisotopic (exact) mass is 256 g/mol. The lowest BCUT2D eigenvalue weighted by Gasteiger charge is -2.42. The molecule has 1 aliphatic carbocycles. The van der Waals surface area contributed by atoms with Gasteiger partial charge in [-0.1, -0.05) is 26.2 Å². The predicted octanol–water partition coefficient (Wildman–Crippen LogP) is 2.59. The van der Waals surface area contributed by atoms with E-state index in [-0.39, 0.29) is 0 Å². The van der Waals surface area contributed by atoms with Crippen LogP contribution in [0.3, 0.4) is 0 Å². The summed E-state index contributed by atoms with van der Waals surface area (Å²) in [6.45, 7) is 4.64. The van der Waals surface area contributed by atoms with Crippen molar-refractivity contribution >= 4 is 11.8 Å². The Morgan fingerprint density at radius 1 is 1.29 bits per heavy atom. The molecule has 0 aromatic heterocycles. The SMILES string of the molecule is CCNC(C1CCCCC1)C1CSCCN1C. The average molecular weight is 256 g/mol. The van der Waals surface area contributed by atoms with Crippen LogP contribution in [-0.2, 0) is 0 Å². The molecule has 0 aromatic rings. The molecule has 0 spiro atoms. The topological polar surface area (TPSA) is 15.3 Å². The molecule has 2 atom stereocenters. The zero-order chi connectivity index (χ0) is 12.1. The Labute approximate surface area is 111 Å². The molecule has 100 valence electrons. The number of thioether (sulfide) groups is 1. The van der Waals surface area contributed by atoms with Crippen molar-refractivity contribution in [2.75, 3.05) is 31.6 Å². The molecular formula is C14H28N2S. The molecule has 0 radical (unpaired) electrons. The summed E-state index contributed by atoms with van der Waals surface area (Å²) in [4.78, 5) is 2.60. The quantitative estimate of drug-likeness (QED) is 0.832. The van der Waals surface area contributed by atoms with Gasteiger partial charge < -0.3 is 10.2 Å². The minimum Gasteiger partial charge on any atom is -0.312 e. The molecule has 2 rings (SSSR count). The van der Waals surface area contributed by atoms with Crippen molar-refractivity contribution in [3.05, 3.63) is 0 Å². The van der Waals surface area contributed by atoms with Gasteiger partial charge in [-0.15, -0.1) is 0 Å². The smallest absolute Gasteiger partial charge is 0.0339 e. The molecule has 0 bridgehead atoms. The first kappa shape index (κ1) is 13.7. The summed E-state index contributed by atoms with van der Waals surface area (Å²) in [5, 5.41) is 3.80. The van der Waals surface area contributed by atoms with Crippen LogP contribution in [0, 0.1) is 5.92 Å². The summed E-state index contributed by atoms with van der Waals surface area (Å²) >= 11 is 2.14. The molecule has 1 N–H and O–H groups in total. The highest BCUT2D eigenvalue weighted by atomic mass is 32.2. The summed E-state index contributed by atoms with van der Waals surface area (Å²) < 4.78 is 0. The fraction of sp³-hybridized carbons (Fsp3) is 1.00. The van der Waals surface area contributed by atoms with E-state index >= 15 is 0 Å². The number of hydrogen-bond donors (Lipinski definition) is 1. The van der Waals surface area contributed by atoms with Gasteiger partial charge in [0.25, 0.3) is 0 Å². The Morgan fingerprint density at radius 2 is 2.06 bits per heavy atom. The van der Waals surface area contributed by atoms with Crippen LogP contribution >= 0.6 is 11.8 Å². The van der Waals surface area contributed by atoms with Crippen LogP contribution in [0.2, 0.25) is 0 Å². The van der Waals surface area contributed by atoms with Crippen LogP contribution in [0.25, 0.3) is 0 Å². The van der Waals surface area contributed by atoms with Crippen molar-refractivity contribution in [2.45, 2.75) is 51.1 Å². The maximum Gasteiger partial charge on any atom is 0.0339 e. The van der Waals surface area contributed by atoms with E-state index in [0.29, 0.717) is 0 Å². The molecule has 17 heavy (non-hydrogen) atoms. The lowest BCUT2D eigenvalue weighted by atomic mass is 9.81. The molecule has 1 saturated heterocycles. The van der Waals surface area contributed by atoms with Gasteiger partial charge in [-0.3, -0.25) is 0 Å². The Balaban J connectivity index is 1.98. The molecule has 3 heteroatoms. The number of nitrogens with one attached hydrogen (secondary N) is 1. The summed E-state index contributed by atoms with van der Waals surface area (Å²) in [6.07, 6.45) is 7.27. The van der Waals surface area contributed by atoms with E-state index in [9.17, 15) is 0 Å². The Hall–Kier alpha value is 0.270. The maximum absolute atomic E-state index is 3.80. The predicted molar refractivity (Wildman–Crippen MR) is 77.8 cm³/mol. The van der Waals surface area contributed by atoms with E-state index in [1.165, 1.54) is 50.2 Å². The van der Waals surface area contributed by atoms with Crippen molar-refractivity contribution in [1.82, 2.24) is 10.2 Å². The second kappa shape index (κ2) is 7.01. The number of likely N-dealkylation sites (N-methyl/N-ethyl adjacent to an activating group) is 2. The minimum atomic E-state index is 0.734. The highest BCUT2D eigenvalue weighted by Crippen LogP contribution is 2.31.